The first-order valence-corrected chi connectivity index (χ1v) is 6.73. The van der Waals surface area contributed by atoms with Gasteiger partial charge < -0.3 is 10.5 Å². The van der Waals surface area contributed by atoms with Crippen LogP contribution in [0.2, 0.25) is 0 Å². The Bertz CT molecular complexity index is 536. The molecule has 3 heteroatoms. The third-order valence-corrected chi connectivity index (χ3v) is 3.19. The van der Waals surface area contributed by atoms with Crippen LogP contribution in [0.25, 0.3) is 11.1 Å². The lowest BCUT2D eigenvalue weighted by Crippen LogP contribution is -2.31. The van der Waals surface area contributed by atoms with Crippen molar-refractivity contribution in [3.05, 3.63) is 54.6 Å². The molecule has 0 bridgehead atoms. The minimum absolute atomic E-state index is 0.197. The minimum atomic E-state index is -0.197. The Hall–Kier alpha value is -1.87. The van der Waals surface area contributed by atoms with Crippen LogP contribution < -0.4 is 10.5 Å². The van der Waals surface area contributed by atoms with Gasteiger partial charge >= 0.3 is 0 Å². The van der Waals surface area contributed by atoms with Gasteiger partial charge in [0, 0.05) is 0 Å². The monoisotopic (exact) mass is 271 g/mol. The van der Waals surface area contributed by atoms with E-state index in [1.807, 2.05) is 49.4 Å². The molecule has 2 rings (SSSR count). The number of benzene rings is 2. The van der Waals surface area contributed by atoms with Crippen molar-refractivity contribution in [2.45, 2.75) is 19.4 Å². The molecule has 0 fully saturated rings. The number of rotatable bonds is 5. The van der Waals surface area contributed by atoms with Crippen molar-refractivity contribution in [1.29, 1.82) is 0 Å². The van der Waals surface area contributed by atoms with Gasteiger partial charge in [0.25, 0.3) is 0 Å². The van der Waals surface area contributed by atoms with Gasteiger partial charge in [0.05, 0.1) is 0 Å². The van der Waals surface area contributed by atoms with E-state index in [-0.39, 0.29) is 6.10 Å². The summed E-state index contributed by atoms with van der Waals surface area (Å²) in [4.78, 5) is 0.398. The predicted octanol–water partition coefficient (Wildman–Crippen LogP) is 3.80. The fraction of sp³-hybridized carbons (Fsp3) is 0.188. The smallest absolute Gasteiger partial charge is 0.148 e. The second-order valence-corrected chi connectivity index (χ2v) is 4.78. The first-order chi connectivity index (χ1) is 9.20. The molecule has 0 radical (unpaired) electrons. The fourth-order valence-electron chi connectivity index (χ4n) is 1.86. The van der Waals surface area contributed by atoms with Gasteiger partial charge in [-0.25, -0.2) is 0 Å². The van der Waals surface area contributed by atoms with Gasteiger partial charge in [-0.1, -0.05) is 61.6 Å². The molecule has 98 valence electrons. The average molecular weight is 271 g/mol. The molecular formula is C16H17NOS. The molecule has 0 saturated heterocycles. The molecule has 2 aromatic carbocycles. The van der Waals surface area contributed by atoms with E-state index in [1.54, 1.807) is 0 Å². The van der Waals surface area contributed by atoms with E-state index >= 15 is 0 Å². The first-order valence-electron chi connectivity index (χ1n) is 6.32. The highest BCUT2D eigenvalue weighted by Gasteiger charge is 2.10. The molecule has 0 spiro atoms. The molecular weight excluding hydrogens is 254 g/mol. The van der Waals surface area contributed by atoms with Crippen molar-refractivity contribution in [2.24, 2.45) is 5.73 Å². The predicted molar refractivity (Wildman–Crippen MR) is 83.4 cm³/mol. The summed E-state index contributed by atoms with van der Waals surface area (Å²) in [6.07, 6.45) is 0.577. The topological polar surface area (TPSA) is 35.2 Å². The molecule has 0 aliphatic carbocycles. The van der Waals surface area contributed by atoms with Crippen LogP contribution in [-0.4, -0.2) is 11.1 Å². The van der Waals surface area contributed by atoms with Gasteiger partial charge in [-0.2, -0.15) is 0 Å². The Balaban J connectivity index is 2.13. The molecule has 1 atom stereocenters. The molecule has 1 unspecified atom stereocenters. The highest BCUT2D eigenvalue weighted by molar-refractivity contribution is 7.80. The van der Waals surface area contributed by atoms with Gasteiger partial charge in [-0.05, 0) is 29.7 Å². The van der Waals surface area contributed by atoms with Crippen molar-refractivity contribution in [2.75, 3.05) is 0 Å². The van der Waals surface area contributed by atoms with Gasteiger partial charge in [0.2, 0.25) is 0 Å². The molecule has 2 N–H and O–H groups in total. The highest BCUT2D eigenvalue weighted by atomic mass is 32.1. The molecule has 0 amide bonds. The lowest BCUT2D eigenvalue weighted by molar-refractivity contribution is 0.264. The summed E-state index contributed by atoms with van der Waals surface area (Å²) in [5.41, 5.74) is 7.98. The Labute approximate surface area is 119 Å². The Morgan fingerprint density at radius 3 is 2.16 bits per heavy atom. The zero-order valence-electron chi connectivity index (χ0n) is 10.9. The van der Waals surface area contributed by atoms with Crippen LogP contribution in [0.15, 0.2) is 54.6 Å². The van der Waals surface area contributed by atoms with E-state index in [9.17, 15) is 0 Å². The van der Waals surface area contributed by atoms with E-state index in [4.69, 9.17) is 22.7 Å². The number of hydrogen-bond donors (Lipinski definition) is 1. The Kier molecular flexibility index (Phi) is 4.53. The third kappa shape index (κ3) is 3.55. The maximum absolute atomic E-state index is 5.75. The van der Waals surface area contributed by atoms with E-state index in [0.29, 0.717) is 4.99 Å². The molecule has 0 heterocycles. The van der Waals surface area contributed by atoms with E-state index < -0.39 is 0 Å². The van der Waals surface area contributed by atoms with Crippen LogP contribution in [0.1, 0.15) is 13.3 Å². The van der Waals surface area contributed by atoms with E-state index in [2.05, 4.69) is 12.1 Å². The summed E-state index contributed by atoms with van der Waals surface area (Å²) in [7, 11) is 0. The maximum Gasteiger partial charge on any atom is 0.148 e. The normalized spacial score (nSPS) is 11.8. The van der Waals surface area contributed by atoms with Gasteiger partial charge in [-0.15, -0.1) is 0 Å². The number of hydrogen-bond acceptors (Lipinski definition) is 2. The highest BCUT2D eigenvalue weighted by Crippen LogP contribution is 2.22. The summed E-state index contributed by atoms with van der Waals surface area (Å²) < 4.78 is 5.75. The van der Waals surface area contributed by atoms with Crippen molar-refractivity contribution >= 4 is 17.2 Å². The lowest BCUT2D eigenvalue weighted by atomic mass is 10.1. The SMILES string of the molecule is CCC(Oc1ccc(-c2ccccc2)cc1)C(N)=S. The number of ether oxygens (including phenoxy) is 1. The van der Waals surface area contributed by atoms with Gasteiger partial charge in [0.15, 0.2) is 0 Å². The lowest BCUT2D eigenvalue weighted by Gasteiger charge is -2.16. The van der Waals surface area contributed by atoms with Crippen LogP contribution in [0.4, 0.5) is 0 Å². The Morgan fingerprint density at radius 2 is 1.63 bits per heavy atom. The van der Waals surface area contributed by atoms with Crippen LogP contribution >= 0.6 is 12.2 Å². The van der Waals surface area contributed by atoms with Gasteiger partial charge in [0.1, 0.15) is 16.8 Å². The summed E-state index contributed by atoms with van der Waals surface area (Å²) >= 11 is 4.97. The third-order valence-electron chi connectivity index (χ3n) is 2.93. The van der Waals surface area contributed by atoms with E-state index in [0.717, 1.165) is 17.7 Å². The minimum Gasteiger partial charge on any atom is -0.483 e. The van der Waals surface area contributed by atoms with Crippen LogP contribution in [-0.2, 0) is 0 Å². The van der Waals surface area contributed by atoms with Crippen molar-refractivity contribution < 1.29 is 4.74 Å². The summed E-state index contributed by atoms with van der Waals surface area (Å²) in [5.74, 6) is 0.791. The van der Waals surface area contributed by atoms with Gasteiger partial charge in [-0.3, -0.25) is 0 Å². The van der Waals surface area contributed by atoms with E-state index in [1.165, 1.54) is 5.56 Å². The fourth-order valence-corrected chi connectivity index (χ4v) is 2.08. The molecule has 2 nitrogen and oxygen atoms in total. The molecule has 0 aromatic heterocycles. The maximum atomic E-state index is 5.75. The molecule has 2 aromatic rings. The molecule has 0 aliphatic heterocycles. The van der Waals surface area contributed by atoms with Crippen molar-refractivity contribution in [3.8, 4) is 16.9 Å². The van der Waals surface area contributed by atoms with Crippen molar-refractivity contribution in [1.82, 2.24) is 0 Å². The zero-order valence-corrected chi connectivity index (χ0v) is 11.7. The number of thiocarbonyl (C=S) groups is 1. The second kappa shape index (κ2) is 6.34. The van der Waals surface area contributed by atoms with Crippen LogP contribution in [0, 0.1) is 0 Å². The summed E-state index contributed by atoms with van der Waals surface area (Å²) in [6, 6.07) is 18.2. The summed E-state index contributed by atoms with van der Waals surface area (Å²) in [6.45, 7) is 2.00. The molecule has 0 saturated carbocycles. The largest absolute Gasteiger partial charge is 0.483 e. The van der Waals surface area contributed by atoms with Crippen LogP contribution in [0.3, 0.4) is 0 Å². The Morgan fingerprint density at radius 1 is 1.05 bits per heavy atom. The standard InChI is InChI=1S/C16H17NOS/c1-2-15(16(17)19)18-14-10-8-13(9-11-14)12-6-4-3-5-7-12/h3-11,15H,2H2,1H3,(H2,17,19). The quantitative estimate of drug-likeness (QED) is 0.840. The number of nitrogens with two attached hydrogens (primary N) is 1. The van der Waals surface area contributed by atoms with Crippen LogP contribution in [0.5, 0.6) is 5.75 Å². The zero-order chi connectivity index (χ0) is 13.7. The summed E-state index contributed by atoms with van der Waals surface area (Å²) in [5, 5.41) is 0. The average Bonchev–Trinajstić information content (AvgIpc) is 2.46. The molecule has 19 heavy (non-hydrogen) atoms. The second-order valence-electron chi connectivity index (χ2n) is 4.31. The molecule has 0 aliphatic rings. The van der Waals surface area contributed by atoms with Crippen molar-refractivity contribution in [3.63, 3.8) is 0 Å². The first kappa shape index (κ1) is 13.6.